The zero-order valence-corrected chi connectivity index (χ0v) is 16.2. The van der Waals surface area contributed by atoms with Crippen LogP contribution >= 0.6 is 0 Å². The second-order valence-corrected chi connectivity index (χ2v) is 7.33. The van der Waals surface area contributed by atoms with Gasteiger partial charge in [-0.15, -0.1) is 0 Å². The van der Waals surface area contributed by atoms with Gasteiger partial charge in [-0.25, -0.2) is 0 Å². The number of carboxylic acids is 1. The Balaban J connectivity index is 1.89. The van der Waals surface area contributed by atoms with Gasteiger partial charge >= 0.3 is 5.97 Å². The molecule has 2 rings (SSSR count). The summed E-state index contributed by atoms with van der Waals surface area (Å²) in [5.74, 6) is -4.67. The Morgan fingerprint density at radius 3 is 2.59 bits per heavy atom. The summed E-state index contributed by atoms with van der Waals surface area (Å²) in [6.45, 7) is -0.812. The number of aliphatic carboxylic acids is 1. The summed E-state index contributed by atoms with van der Waals surface area (Å²) in [4.78, 5) is 10.5. The number of unbranched alkanes of at least 4 members (excludes halogenated alkanes) is 1. The second-order valence-electron chi connectivity index (χ2n) is 7.33. The lowest BCUT2D eigenvalue weighted by molar-refractivity contribution is -0.137. The molecule has 0 unspecified atom stereocenters. The first-order valence-corrected chi connectivity index (χ1v) is 9.76. The molecule has 1 fully saturated rings. The molecule has 0 bridgehead atoms. The van der Waals surface area contributed by atoms with Gasteiger partial charge in [-0.1, -0.05) is 36.4 Å². The Morgan fingerprint density at radius 2 is 1.90 bits per heavy atom. The maximum absolute atomic E-state index is 14.2. The molecule has 1 saturated carbocycles. The van der Waals surface area contributed by atoms with Crippen LogP contribution in [0.4, 0.5) is 8.78 Å². The van der Waals surface area contributed by atoms with Crippen molar-refractivity contribution in [1.82, 2.24) is 0 Å². The molecule has 0 aromatic heterocycles. The number of halogens is 2. The van der Waals surface area contributed by atoms with Crippen molar-refractivity contribution < 1.29 is 33.6 Å². The van der Waals surface area contributed by atoms with Gasteiger partial charge in [-0.05, 0) is 43.4 Å². The predicted molar refractivity (Wildman–Crippen MR) is 105 cm³/mol. The van der Waals surface area contributed by atoms with E-state index in [1.165, 1.54) is 6.08 Å². The summed E-state index contributed by atoms with van der Waals surface area (Å²) in [7, 11) is 0. The summed E-state index contributed by atoms with van der Waals surface area (Å²) < 4.78 is 33.4. The molecule has 7 heteroatoms. The number of allylic oxidation sites excluding steroid dienone is 2. The largest absolute Gasteiger partial charge is 0.487 e. The van der Waals surface area contributed by atoms with E-state index < -0.39 is 36.6 Å². The number of aliphatic hydroxyl groups is 2. The number of benzene rings is 1. The fourth-order valence-corrected chi connectivity index (χ4v) is 3.45. The average molecular weight is 410 g/mol. The molecule has 1 aromatic carbocycles. The van der Waals surface area contributed by atoms with Crippen LogP contribution in [-0.4, -0.2) is 46.0 Å². The van der Waals surface area contributed by atoms with Crippen LogP contribution in [0.25, 0.3) is 0 Å². The quantitative estimate of drug-likeness (QED) is 0.381. The molecule has 0 spiro atoms. The summed E-state index contributed by atoms with van der Waals surface area (Å²) in [6.07, 6.45) is 5.73. The van der Waals surface area contributed by atoms with Gasteiger partial charge in [0.2, 0.25) is 0 Å². The lowest BCUT2D eigenvalue weighted by atomic mass is 9.89. The number of carbonyl (C=O) groups is 1. The molecule has 0 radical (unpaired) electrons. The van der Waals surface area contributed by atoms with Crippen molar-refractivity contribution in [2.24, 2.45) is 11.8 Å². The van der Waals surface area contributed by atoms with Crippen LogP contribution in [0.5, 0.6) is 5.75 Å². The summed E-state index contributed by atoms with van der Waals surface area (Å²) in [5, 5.41) is 28.9. The zero-order valence-electron chi connectivity index (χ0n) is 16.2. The zero-order chi connectivity index (χ0) is 21.3. The predicted octanol–water partition coefficient (Wildman–Crippen LogP) is 3.82. The highest BCUT2D eigenvalue weighted by Crippen LogP contribution is 2.37. The molecule has 0 amide bonds. The van der Waals surface area contributed by atoms with Crippen LogP contribution < -0.4 is 4.74 Å². The number of para-hydroxylation sites is 1. The van der Waals surface area contributed by atoms with E-state index in [9.17, 15) is 23.8 Å². The number of aliphatic hydroxyl groups excluding tert-OH is 2. The van der Waals surface area contributed by atoms with Crippen molar-refractivity contribution in [2.45, 2.75) is 50.2 Å². The fraction of sp³-hybridized carbons (Fsp3) is 0.500. The Morgan fingerprint density at radius 1 is 1.17 bits per heavy atom. The van der Waals surface area contributed by atoms with Gasteiger partial charge in [0, 0.05) is 18.8 Å². The van der Waals surface area contributed by atoms with Crippen LogP contribution in [0, 0.1) is 11.8 Å². The van der Waals surface area contributed by atoms with Crippen LogP contribution in [0.2, 0.25) is 0 Å². The van der Waals surface area contributed by atoms with Crippen molar-refractivity contribution in [3.63, 3.8) is 0 Å². The molecule has 1 aromatic rings. The molecule has 1 aliphatic rings. The molecule has 3 N–H and O–H groups in total. The normalized spacial score (nSPS) is 25.1. The summed E-state index contributed by atoms with van der Waals surface area (Å²) in [6, 6.07) is 8.34. The minimum Gasteiger partial charge on any atom is -0.487 e. The minimum atomic E-state index is -3.21. The van der Waals surface area contributed by atoms with Crippen molar-refractivity contribution in [3.8, 4) is 5.75 Å². The molecule has 4 atom stereocenters. The summed E-state index contributed by atoms with van der Waals surface area (Å²) >= 11 is 0. The van der Waals surface area contributed by atoms with Crippen molar-refractivity contribution in [2.75, 3.05) is 6.61 Å². The van der Waals surface area contributed by atoms with E-state index in [1.807, 2.05) is 12.2 Å². The van der Waals surface area contributed by atoms with Crippen LogP contribution in [0.3, 0.4) is 0 Å². The topological polar surface area (TPSA) is 87.0 Å². The van der Waals surface area contributed by atoms with Gasteiger partial charge in [0.25, 0.3) is 5.92 Å². The van der Waals surface area contributed by atoms with Gasteiger partial charge in [0.05, 0.1) is 12.2 Å². The van der Waals surface area contributed by atoms with Gasteiger partial charge in [-0.2, -0.15) is 8.78 Å². The Hall–Kier alpha value is -2.25. The molecule has 29 heavy (non-hydrogen) atoms. The number of rotatable bonds is 11. The molecule has 0 heterocycles. The highest BCUT2D eigenvalue weighted by Gasteiger charge is 2.40. The first kappa shape index (κ1) is 23.0. The molecule has 0 aliphatic heterocycles. The van der Waals surface area contributed by atoms with E-state index in [2.05, 4.69) is 0 Å². The maximum Gasteiger partial charge on any atom is 0.303 e. The number of ether oxygens (including phenoxy) is 1. The highest BCUT2D eigenvalue weighted by atomic mass is 19.3. The number of carboxylic acid groups (broad SMARTS) is 1. The van der Waals surface area contributed by atoms with Gasteiger partial charge in [0.1, 0.15) is 5.75 Å². The van der Waals surface area contributed by atoms with Gasteiger partial charge < -0.3 is 20.1 Å². The summed E-state index contributed by atoms with van der Waals surface area (Å²) in [5.41, 5.74) is 0. The molecule has 160 valence electrons. The van der Waals surface area contributed by atoms with Crippen molar-refractivity contribution in [1.29, 1.82) is 0 Å². The smallest absolute Gasteiger partial charge is 0.303 e. The molecule has 0 saturated heterocycles. The van der Waals surface area contributed by atoms with Crippen LogP contribution in [0.1, 0.15) is 32.1 Å². The third-order valence-electron chi connectivity index (χ3n) is 4.99. The third kappa shape index (κ3) is 7.95. The van der Waals surface area contributed by atoms with Gasteiger partial charge in [0.15, 0.2) is 6.61 Å². The fourth-order valence-electron chi connectivity index (χ4n) is 3.45. The van der Waals surface area contributed by atoms with E-state index in [0.717, 1.165) is 6.08 Å². The van der Waals surface area contributed by atoms with E-state index in [1.54, 1.807) is 30.3 Å². The third-order valence-corrected chi connectivity index (χ3v) is 4.99. The van der Waals surface area contributed by atoms with E-state index in [-0.39, 0.29) is 18.8 Å². The number of hydrogen-bond donors (Lipinski definition) is 3. The van der Waals surface area contributed by atoms with E-state index in [4.69, 9.17) is 9.84 Å². The van der Waals surface area contributed by atoms with Crippen molar-refractivity contribution in [3.05, 3.63) is 54.6 Å². The lowest BCUT2D eigenvalue weighted by Gasteiger charge is -2.20. The second kappa shape index (κ2) is 11.1. The first-order valence-electron chi connectivity index (χ1n) is 9.76. The molecular formula is C22H28F2O5. The minimum absolute atomic E-state index is 0.0839. The monoisotopic (exact) mass is 410 g/mol. The standard InChI is InChI=1S/C22H28F2O5/c23-22(24,15-29-16-8-4-3-5-9-16)13-12-18-17(19(25)14-20(18)26)10-6-1-2-7-11-21(27)28/h1,3-6,8-9,12-13,17-20,25-26H,2,7,10-11,14-15H2,(H,27,28)/b6-1-,13-12+/t17-,18-,19+,20-/m1/s1. The van der Waals surface area contributed by atoms with Gasteiger partial charge in [-0.3, -0.25) is 4.79 Å². The number of alkyl halides is 2. The van der Waals surface area contributed by atoms with E-state index >= 15 is 0 Å². The van der Waals surface area contributed by atoms with Crippen LogP contribution in [0.15, 0.2) is 54.6 Å². The molecular weight excluding hydrogens is 382 g/mol. The maximum atomic E-state index is 14.2. The van der Waals surface area contributed by atoms with Crippen molar-refractivity contribution >= 4 is 5.97 Å². The highest BCUT2D eigenvalue weighted by molar-refractivity contribution is 5.66. The molecule has 5 nitrogen and oxygen atoms in total. The Labute approximate surface area is 169 Å². The SMILES string of the molecule is O=C(O)CCC/C=C\C[C@@H]1[C@@H](/C=C/C(F)(F)COc2ccccc2)[C@H](O)C[C@@H]1O. The van der Waals surface area contributed by atoms with Crippen LogP contribution in [-0.2, 0) is 4.79 Å². The first-order chi connectivity index (χ1) is 13.8. The number of hydrogen-bond acceptors (Lipinski definition) is 4. The Kier molecular flexibility index (Phi) is 8.79. The Bertz CT molecular complexity index is 690. The molecule has 1 aliphatic carbocycles. The van der Waals surface area contributed by atoms with E-state index in [0.29, 0.717) is 25.0 Å². The average Bonchev–Trinajstić information content (AvgIpc) is 2.94. The lowest BCUT2D eigenvalue weighted by Crippen LogP contribution is -2.25.